The molecule has 1 aliphatic heterocycles. The minimum atomic E-state index is 0.233. The van der Waals surface area contributed by atoms with Gasteiger partial charge in [0.2, 0.25) is 5.91 Å². The highest BCUT2D eigenvalue weighted by Gasteiger charge is 2.21. The monoisotopic (exact) mass is 285 g/mol. The van der Waals surface area contributed by atoms with E-state index in [1.54, 1.807) is 12.0 Å². The molecule has 1 aliphatic rings. The van der Waals surface area contributed by atoms with Crippen LogP contribution in [0.2, 0.25) is 0 Å². The minimum absolute atomic E-state index is 0.233. The Hall–Kier alpha value is -0.650. The minimum Gasteiger partial charge on any atom is -0.383 e. The highest BCUT2D eigenvalue weighted by molar-refractivity contribution is 5.75. The number of methoxy groups -OCH3 is 1. The van der Waals surface area contributed by atoms with Crippen molar-refractivity contribution in [1.82, 2.24) is 15.1 Å². The Bertz CT molecular complexity index is 272. The normalized spacial score (nSPS) is 20.1. The maximum Gasteiger partial charge on any atom is 0.222 e. The van der Waals surface area contributed by atoms with Crippen molar-refractivity contribution in [2.75, 3.05) is 54.0 Å². The maximum atomic E-state index is 11.6. The summed E-state index contributed by atoms with van der Waals surface area (Å²) in [5.41, 5.74) is 0. The van der Waals surface area contributed by atoms with Crippen molar-refractivity contribution in [2.45, 2.75) is 38.1 Å². The maximum absolute atomic E-state index is 11.6. The largest absolute Gasteiger partial charge is 0.383 e. The lowest BCUT2D eigenvalue weighted by Gasteiger charge is -2.36. The quantitative estimate of drug-likeness (QED) is 0.641. The molecule has 0 bridgehead atoms. The molecule has 0 aliphatic carbocycles. The topological polar surface area (TPSA) is 44.8 Å². The second-order valence-electron chi connectivity index (χ2n) is 5.77. The number of carbonyl (C=O) groups excluding carboxylic acids is 1. The molecule has 1 heterocycles. The molecule has 0 aromatic carbocycles. The van der Waals surface area contributed by atoms with Gasteiger partial charge < -0.3 is 15.0 Å². The van der Waals surface area contributed by atoms with E-state index >= 15 is 0 Å². The fourth-order valence-corrected chi connectivity index (χ4v) is 2.69. The number of carbonyl (C=O) groups is 1. The van der Waals surface area contributed by atoms with Crippen LogP contribution in [0.25, 0.3) is 0 Å². The number of nitrogens with zero attached hydrogens (tertiary/aromatic N) is 2. The van der Waals surface area contributed by atoms with Crippen LogP contribution in [0.5, 0.6) is 0 Å². The lowest BCUT2D eigenvalue weighted by Crippen LogP contribution is -2.46. The van der Waals surface area contributed by atoms with E-state index in [0.29, 0.717) is 12.5 Å². The Kier molecular flexibility index (Phi) is 8.82. The predicted octanol–water partition coefficient (Wildman–Crippen LogP) is 0.945. The third kappa shape index (κ3) is 6.68. The van der Waals surface area contributed by atoms with Crippen molar-refractivity contribution in [3.05, 3.63) is 0 Å². The average Bonchev–Trinajstić information content (AvgIpc) is 2.44. The molecular weight excluding hydrogens is 254 g/mol. The molecule has 0 radical (unpaired) electrons. The summed E-state index contributed by atoms with van der Waals surface area (Å²) >= 11 is 0. The van der Waals surface area contributed by atoms with Gasteiger partial charge in [0.15, 0.2) is 0 Å². The molecular formula is C15H31N3O2. The summed E-state index contributed by atoms with van der Waals surface area (Å²) in [5.74, 6) is 0.233. The van der Waals surface area contributed by atoms with E-state index < -0.39 is 0 Å². The van der Waals surface area contributed by atoms with Gasteiger partial charge in [-0.1, -0.05) is 6.42 Å². The molecule has 0 aromatic heterocycles. The molecule has 1 amide bonds. The van der Waals surface area contributed by atoms with Gasteiger partial charge in [0.05, 0.1) is 6.61 Å². The lowest BCUT2D eigenvalue weighted by atomic mass is 10.0. The number of hydrogen-bond acceptors (Lipinski definition) is 4. The third-order valence-electron chi connectivity index (χ3n) is 3.95. The first-order chi connectivity index (χ1) is 9.65. The number of nitrogens with one attached hydrogen (secondary N) is 1. The molecule has 1 saturated heterocycles. The number of rotatable bonds is 9. The Balaban J connectivity index is 2.23. The Morgan fingerprint density at radius 1 is 1.40 bits per heavy atom. The van der Waals surface area contributed by atoms with Gasteiger partial charge in [-0.25, -0.2) is 0 Å². The van der Waals surface area contributed by atoms with Crippen molar-refractivity contribution < 1.29 is 9.53 Å². The van der Waals surface area contributed by atoms with Gasteiger partial charge in [-0.15, -0.1) is 0 Å². The van der Waals surface area contributed by atoms with Gasteiger partial charge in [-0.05, 0) is 32.4 Å². The summed E-state index contributed by atoms with van der Waals surface area (Å²) in [6.45, 7) is 4.93. The smallest absolute Gasteiger partial charge is 0.222 e. The van der Waals surface area contributed by atoms with Crippen molar-refractivity contribution in [3.63, 3.8) is 0 Å². The Labute approximate surface area is 123 Å². The van der Waals surface area contributed by atoms with Crippen LogP contribution in [-0.2, 0) is 9.53 Å². The van der Waals surface area contributed by atoms with E-state index in [2.05, 4.69) is 10.2 Å². The van der Waals surface area contributed by atoms with Gasteiger partial charge in [0, 0.05) is 46.8 Å². The number of likely N-dealkylation sites (tertiary alicyclic amines) is 1. The summed E-state index contributed by atoms with van der Waals surface area (Å²) in [6, 6.07) is 0.620. The van der Waals surface area contributed by atoms with E-state index in [0.717, 1.165) is 32.7 Å². The van der Waals surface area contributed by atoms with Crippen molar-refractivity contribution in [3.8, 4) is 0 Å². The first-order valence-corrected chi connectivity index (χ1v) is 7.79. The molecule has 1 N–H and O–H groups in total. The van der Waals surface area contributed by atoms with Crippen molar-refractivity contribution in [2.24, 2.45) is 0 Å². The van der Waals surface area contributed by atoms with Crippen LogP contribution in [-0.4, -0.2) is 75.7 Å². The van der Waals surface area contributed by atoms with E-state index in [1.807, 2.05) is 14.1 Å². The standard InChI is InChI=1S/C15H31N3O2/c1-17(2)15(19)8-6-11-18-10-5-4-7-14(18)13-16-9-12-20-3/h14,16H,4-13H2,1-3H3. The number of ether oxygens (including phenoxy) is 1. The molecule has 20 heavy (non-hydrogen) atoms. The zero-order valence-electron chi connectivity index (χ0n) is 13.4. The first kappa shape index (κ1) is 17.4. The van der Waals surface area contributed by atoms with Crippen LogP contribution in [0.4, 0.5) is 0 Å². The Morgan fingerprint density at radius 3 is 2.90 bits per heavy atom. The SMILES string of the molecule is COCCNCC1CCCCN1CCCC(=O)N(C)C. The van der Waals surface area contributed by atoms with Crippen LogP contribution in [0.15, 0.2) is 0 Å². The molecule has 1 rings (SSSR count). The van der Waals surface area contributed by atoms with Crippen LogP contribution in [0.3, 0.4) is 0 Å². The van der Waals surface area contributed by atoms with Gasteiger partial charge in [0.25, 0.3) is 0 Å². The highest BCUT2D eigenvalue weighted by atomic mass is 16.5. The summed E-state index contributed by atoms with van der Waals surface area (Å²) in [5, 5.41) is 3.46. The third-order valence-corrected chi connectivity index (χ3v) is 3.95. The van der Waals surface area contributed by atoms with Crippen LogP contribution in [0.1, 0.15) is 32.1 Å². The Morgan fingerprint density at radius 2 is 2.20 bits per heavy atom. The molecule has 0 aromatic rings. The van der Waals surface area contributed by atoms with Gasteiger partial charge in [-0.2, -0.15) is 0 Å². The molecule has 1 atom stereocenters. The van der Waals surface area contributed by atoms with Crippen LogP contribution < -0.4 is 5.32 Å². The van der Waals surface area contributed by atoms with E-state index in [9.17, 15) is 4.79 Å². The fraction of sp³-hybridized carbons (Fsp3) is 0.933. The molecule has 118 valence electrons. The predicted molar refractivity (Wildman–Crippen MR) is 81.9 cm³/mol. The van der Waals surface area contributed by atoms with Crippen molar-refractivity contribution >= 4 is 5.91 Å². The lowest BCUT2D eigenvalue weighted by molar-refractivity contribution is -0.128. The summed E-state index contributed by atoms with van der Waals surface area (Å²) < 4.78 is 5.05. The second-order valence-corrected chi connectivity index (χ2v) is 5.77. The van der Waals surface area contributed by atoms with E-state index in [4.69, 9.17) is 4.74 Å². The number of amides is 1. The van der Waals surface area contributed by atoms with Gasteiger partial charge in [0.1, 0.15) is 0 Å². The number of piperidine rings is 1. The zero-order chi connectivity index (χ0) is 14.8. The average molecular weight is 285 g/mol. The fourth-order valence-electron chi connectivity index (χ4n) is 2.69. The summed E-state index contributed by atoms with van der Waals surface area (Å²) in [4.78, 5) is 15.8. The molecule has 5 heteroatoms. The molecule has 0 saturated carbocycles. The highest BCUT2D eigenvalue weighted by Crippen LogP contribution is 2.17. The van der Waals surface area contributed by atoms with Crippen LogP contribution in [0, 0.1) is 0 Å². The summed E-state index contributed by atoms with van der Waals surface area (Å²) in [6.07, 6.45) is 5.50. The molecule has 1 fully saturated rings. The first-order valence-electron chi connectivity index (χ1n) is 7.79. The number of hydrogen-bond donors (Lipinski definition) is 1. The molecule has 5 nitrogen and oxygen atoms in total. The molecule has 0 spiro atoms. The zero-order valence-corrected chi connectivity index (χ0v) is 13.4. The summed E-state index contributed by atoms with van der Waals surface area (Å²) in [7, 11) is 5.38. The van der Waals surface area contributed by atoms with Crippen molar-refractivity contribution in [1.29, 1.82) is 0 Å². The van der Waals surface area contributed by atoms with E-state index in [1.165, 1.54) is 25.8 Å². The van der Waals surface area contributed by atoms with Crippen LogP contribution >= 0.6 is 0 Å². The van der Waals surface area contributed by atoms with E-state index in [-0.39, 0.29) is 5.91 Å². The van der Waals surface area contributed by atoms with Gasteiger partial charge in [-0.3, -0.25) is 9.69 Å². The second kappa shape index (κ2) is 10.1. The molecule has 1 unspecified atom stereocenters. The van der Waals surface area contributed by atoms with Gasteiger partial charge >= 0.3 is 0 Å².